The van der Waals surface area contributed by atoms with Crippen molar-refractivity contribution in [3.8, 4) is 17.0 Å². The number of carbonyl (C=O) groups is 1. The first kappa shape index (κ1) is 19.3. The van der Waals surface area contributed by atoms with Gasteiger partial charge in [-0.3, -0.25) is 4.79 Å². The summed E-state index contributed by atoms with van der Waals surface area (Å²) >= 11 is 0. The van der Waals surface area contributed by atoms with Gasteiger partial charge in [-0.05, 0) is 66.9 Å². The number of pyridine rings is 1. The Morgan fingerprint density at radius 2 is 1.68 bits per heavy atom. The van der Waals surface area contributed by atoms with E-state index < -0.39 is 0 Å². The lowest BCUT2D eigenvalue weighted by Gasteiger charge is -2.18. The average molecular weight is 409 g/mol. The minimum absolute atomic E-state index is 0.531. The minimum atomic E-state index is 0.531. The summed E-state index contributed by atoms with van der Waals surface area (Å²) in [6.07, 6.45) is 3.38. The Hall–Kier alpha value is -3.66. The average Bonchev–Trinajstić information content (AvgIpc) is 3.38. The van der Waals surface area contributed by atoms with Crippen molar-refractivity contribution < 1.29 is 9.53 Å². The molecule has 1 aliphatic heterocycles. The lowest BCUT2D eigenvalue weighted by Crippen LogP contribution is -2.17. The molecule has 4 nitrogen and oxygen atoms in total. The van der Waals surface area contributed by atoms with E-state index in [-0.39, 0.29) is 0 Å². The molecular weight excluding hydrogens is 384 g/mol. The molecule has 0 aliphatic carbocycles. The lowest BCUT2D eigenvalue weighted by molar-refractivity contribution is 0.112. The highest BCUT2D eigenvalue weighted by Crippen LogP contribution is 2.29. The molecule has 5 rings (SSSR count). The maximum atomic E-state index is 11.8. The first-order valence-corrected chi connectivity index (χ1v) is 10.7. The predicted molar refractivity (Wildman–Crippen MR) is 125 cm³/mol. The summed E-state index contributed by atoms with van der Waals surface area (Å²) in [5, 5.41) is 0.908. The topological polar surface area (TPSA) is 42.4 Å². The molecule has 4 heteroatoms. The first-order valence-electron chi connectivity index (χ1n) is 10.7. The number of anilines is 1. The largest absolute Gasteiger partial charge is 0.489 e. The number of rotatable bonds is 6. The van der Waals surface area contributed by atoms with Crippen LogP contribution in [0.2, 0.25) is 0 Å². The molecule has 154 valence electrons. The van der Waals surface area contributed by atoms with E-state index in [9.17, 15) is 4.79 Å². The highest BCUT2D eigenvalue weighted by Gasteiger charge is 2.14. The Labute approximate surface area is 182 Å². The van der Waals surface area contributed by atoms with Crippen molar-refractivity contribution in [2.45, 2.75) is 19.4 Å². The molecular formula is C27H24N2O2. The van der Waals surface area contributed by atoms with E-state index in [0.29, 0.717) is 12.2 Å². The van der Waals surface area contributed by atoms with Gasteiger partial charge in [0.2, 0.25) is 0 Å². The zero-order chi connectivity index (χ0) is 21.0. The van der Waals surface area contributed by atoms with Crippen LogP contribution in [0.1, 0.15) is 28.8 Å². The minimum Gasteiger partial charge on any atom is -0.489 e. The van der Waals surface area contributed by atoms with Gasteiger partial charge < -0.3 is 9.64 Å². The summed E-state index contributed by atoms with van der Waals surface area (Å²) in [6, 6.07) is 26.1. The standard InChI is InChI=1S/C27H24N2O2/c30-18-22-16-27(28-26-13-10-23(17-25(22)26)29-14-4-5-15-29)21-8-11-24(12-9-21)31-19-20-6-2-1-3-7-20/h1-3,6-13,16-18H,4-5,14-15,19H2. The third-order valence-electron chi connectivity index (χ3n) is 5.82. The van der Waals surface area contributed by atoms with Crippen molar-refractivity contribution in [2.75, 3.05) is 18.0 Å². The number of aldehydes is 1. The van der Waals surface area contributed by atoms with E-state index in [2.05, 4.69) is 17.0 Å². The fraction of sp³-hybridized carbons (Fsp3) is 0.185. The van der Waals surface area contributed by atoms with E-state index in [1.54, 1.807) is 0 Å². The van der Waals surface area contributed by atoms with Gasteiger partial charge in [0.05, 0.1) is 11.2 Å². The molecule has 1 aromatic heterocycles. The van der Waals surface area contributed by atoms with Gasteiger partial charge in [-0.1, -0.05) is 30.3 Å². The lowest BCUT2D eigenvalue weighted by atomic mass is 10.0. The second kappa shape index (κ2) is 8.60. The number of ether oxygens (including phenoxy) is 1. The molecule has 0 N–H and O–H groups in total. The van der Waals surface area contributed by atoms with Gasteiger partial charge in [-0.15, -0.1) is 0 Å². The molecule has 0 spiro atoms. The molecule has 1 saturated heterocycles. The van der Waals surface area contributed by atoms with Crippen LogP contribution >= 0.6 is 0 Å². The third-order valence-corrected chi connectivity index (χ3v) is 5.82. The molecule has 0 amide bonds. The van der Waals surface area contributed by atoms with E-state index >= 15 is 0 Å². The van der Waals surface area contributed by atoms with Gasteiger partial charge >= 0.3 is 0 Å². The Morgan fingerprint density at radius 1 is 0.903 bits per heavy atom. The highest BCUT2D eigenvalue weighted by atomic mass is 16.5. The van der Waals surface area contributed by atoms with Gasteiger partial charge in [0.15, 0.2) is 6.29 Å². The van der Waals surface area contributed by atoms with E-state index in [0.717, 1.165) is 52.8 Å². The van der Waals surface area contributed by atoms with Crippen LogP contribution in [-0.2, 0) is 6.61 Å². The second-order valence-corrected chi connectivity index (χ2v) is 7.91. The normalized spacial score (nSPS) is 13.5. The maximum absolute atomic E-state index is 11.8. The summed E-state index contributed by atoms with van der Waals surface area (Å²) in [5.41, 5.74) is 5.56. The molecule has 1 aliphatic rings. The van der Waals surface area contributed by atoms with Crippen LogP contribution in [0, 0.1) is 0 Å². The van der Waals surface area contributed by atoms with Crippen molar-refractivity contribution in [2.24, 2.45) is 0 Å². The molecule has 0 bridgehead atoms. The molecule has 0 atom stereocenters. The van der Waals surface area contributed by atoms with Crippen LogP contribution in [0.25, 0.3) is 22.2 Å². The zero-order valence-corrected chi connectivity index (χ0v) is 17.3. The molecule has 0 radical (unpaired) electrons. The number of hydrogen-bond acceptors (Lipinski definition) is 4. The van der Waals surface area contributed by atoms with Gasteiger partial charge in [0.25, 0.3) is 0 Å². The summed E-state index contributed by atoms with van der Waals surface area (Å²) in [4.78, 5) is 19.0. The van der Waals surface area contributed by atoms with E-state index in [1.165, 1.54) is 18.5 Å². The third kappa shape index (κ3) is 4.15. The van der Waals surface area contributed by atoms with Crippen molar-refractivity contribution in [1.82, 2.24) is 4.98 Å². The van der Waals surface area contributed by atoms with Crippen LogP contribution in [0.15, 0.2) is 78.9 Å². The quantitative estimate of drug-likeness (QED) is 0.373. The van der Waals surface area contributed by atoms with E-state index in [4.69, 9.17) is 9.72 Å². The van der Waals surface area contributed by atoms with Crippen molar-refractivity contribution in [3.63, 3.8) is 0 Å². The van der Waals surface area contributed by atoms with Gasteiger partial charge in [0.1, 0.15) is 12.4 Å². The van der Waals surface area contributed by atoms with Crippen LogP contribution in [0.4, 0.5) is 5.69 Å². The maximum Gasteiger partial charge on any atom is 0.150 e. The fourth-order valence-corrected chi connectivity index (χ4v) is 4.12. The van der Waals surface area contributed by atoms with Gasteiger partial charge in [-0.2, -0.15) is 0 Å². The number of carbonyl (C=O) groups excluding carboxylic acids is 1. The number of aromatic nitrogens is 1. The molecule has 4 aromatic rings. The van der Waals surface area contributed by atoms with Gasteiger partial charge in [-0.25, -0.2) is 4.98 Å². The molecule has 3 aromatic carbocycles. The summed E-state index contributed by atoms with van der Waals surface area (Å²) in [5.74, 6) is 0.805. The van der Waals surface area contributed by atoms with Gasteiger partial charge in [0, 0.05) is 35.3 Å². The Kier molecular flexibility index (Phi) is 5.36. The highest BCUT2D eigenvalue weighted by molar-refractivity contribution is 5.99. The first-order chi connectivity index (χ1) is 15.3. The number of fused-ring (bicyclic) bond motifs is 1. The SMILES string of the molecule is O=Cc1cc(-c2ccc(OCc3ccccc3)cc2)nc2ccc(N3CCCC3)cc12. The smallest absolute Gasteiger partial charge is 0.150 e. The summed E-state index contributed by atoms with van der Waals surface area (Å²) in [6.45, 7) is 2.68. The van der Waals surface area contributed by atoms with Crippen molar-refractivity contribution >= 4 is 22.9 Å². The van der Waals surface area contributed by atoms with Crippen LogP contribution in [0.3, 0.4) is 0 Å². The monoisotopic (exact) mass is 408 g/mol. The molecule has 31 heavy (non-hydrogen) atoms. The Balaban J connectivity index is 1.40. The van der Waals surface area contributed by atoms with Crippen molar-refractivity contribution in [3.05, 3.63) is 90.0 Å². The Morgan fingerprint density at radius 3 is 2.42 bits per heavy atom. The molecule has 1 fully saturated rings. The predicted octanol–water partition coefficient (Wildman–Crippen LogP) is 5.89. The zero-order valence-electron chi connectivity index (χ0n) is 17.3. The summed E-state index contributed by atoms with van der Waals surface area (Å²) in [7, 11) is 0. The fourth-order valence-electron chi connectivity index (χ4n) is 4.12. The van der Waals surface area contributed by atoms with Crippen LogP contribution < -0.4 is 9.64 Å². The Bertz CT molecular complexity index is 1200. The van der Waals surface area contributed by atoms with E-state index in [1.807, 2.05) is 66.7 Å². The van der Waals surface area contributed by atoms with Crippen molar-refractivity contribution in [1.29, 1.82) is 0 Å². The molecule has 0 unspecified atom stereocenters. The molecule has 2 heterocycles. The second-order valence-electron chi connectivity index (χ2n) is 7.91. The van der Waals surface area contributed by atoms with Crippen LogP contribution in [-0.4, -0.2) is 24.4 Å². The number of hydrogen-bond donors (Lipinski definition) is 0. The van der Waals surface area contributed by atoms with Crippen LogP contribution in [0.5, 0.6) is 5.75 Å². The number of nitrogens with zero attached hydrogens (tertiary/aromatic N) is 2. The molecule has 0 saturated carbocycles. The summed E-state index contributed by atoms with van der Waals surface area (Å²) < 4.78 is 5.88. The number of benzene rings is 3.